The lowest BCUT2D eigenvalue weighted by molar-refractivity contribution is -0.124. The predicted octanol–water partition coefficient (Wildman–Crippen LogP) is 2.96. The minimum Gasteiger partial charge on any atom is -0.372 e. The van der Waals surface area contributed by atoms with Gasteiger partial charge in [0.05, 0.1) is 12.2 Å². The standard InChI is InChI=1S/C20H26N4O3S/c1-13-6-7-15(10-17(13)23-18(25)14(2)27-3)19(26)21-11-16-12-28-20(22-16)24-8-4-5-9-24/h6-7,10,12,14H,4-5,8-9,11H2,1-3H3,(H,21,26)(H,23,25). The van der Waals surface area contributed by atoms with Crippen LogP contribution in [-0.2, 0) is 16.1 Å². The molecule has 0 aliphatic carbocycles. The molecule has 1 aromatic carbocycles. The highest BCUT2D eigenvalue weighted by atomic mass is 32.1. The molecular weight excluding hydrogens is 376 g/mol. The van der Waals surface area contributed by atoms with Crippen LogP contribution in [0.3, 0.4) is 0 Å². The van der Waals surface area contributed by atoms with Gasteiger partial charge in [-0.3, -0.25) is 9.59 Å². The Kier molecular flexibility index (Phi) is 6.64. The van der Waals surface area contributed by atoms with Gasteiger partial charge in [-0.25, -0.2) is 4.98 Å². The van der Waals surface area contributed by atoms with Crippen molar-refractivity contribution in [2.24, 2.45) is 0 Å². The number of methoxy groups -OCH3 is 1. The van der Waals surface area contributed by atoms with Crippen molar-refractivity contribution in [2.75, 3.05) is 30.4 Å². The summed E-state index contributed by atoms with van der Waals surface area (Å²) >= 11 is 1.61. The Morgan fingerprint density at radius 3 is 2.79 bits per heavy atom. The van der Waals surface area contributed by atoms with Crippen LogP contribution >= 0.6 is 11.3 Å². The van der Waals surface area contributed by atoms with Crippen LogP contribution in [0.1, 0.15) is 41.4 Å². The number of nitrogens with one attached hydrogen (secondary N) is 2. The molecule has 3 rings (SSSR count). The van der Waals surface area contributed by atoms with Gasteiger partial charge in [0.1, 0.15) is 6.10 Å². The molecule has 7 nitrogen and oxygen atoms in total. The van der Waals surface area contributed by atoms with E-state index in [9.17, 15) is 9.59 Å². The van der Waals surface area contributed by atoms with E-state index in [1.165, 1.54) is 20.0 Å². The topological polar surface area (TPSA) is 83.6 Å². The van der Waals surface area contributed by atoms with Gasteiger partial charge in [0.15, 0.2) is 5.13 Å². The number of anilines is 2. The number of ether oxygens (including phenoxy) is 1. The normalized spacial score (nSPS) is 14.8. The van der Waals surface area contributed by atoms with E-state index in [1.54, 1.807) is 30.4 Å². The van der Waals surface area contributed by atoms with Crippen LogP contribution in [0.5, 0.6) is 0 Å². The van der Waals surface area contributed by atoms with Gasteiger partial charge in [-0.1, -0.05) is 6.07 Å². The molecule has 0 saturated carbocycles. The highest BCUT2D eigenvalue weighted by Crippen LogP contribution is 2.24. The molecule has 8 heteroatoms. The summed E-state index contributed by atoms with van der Waals surface area (Å²) in [5.41, 5.74) is 2.82. The second-order valence-electron chi connectivity index (χ2n) is 6.90. The number of aryl methyl sites for hydroxylation is 1. The van der Waals surface area contributed by atoms with Gasteiger partial charge in [-0.15, -0.1) is 11.3 Å². The first kappa shape index (κ1) is 20.3. The zero-order chi connectivity index (χ0) is 20.1. The summed E-state index contributed by atoms with van der Waals surface area (Å²) < 4.78 is 5.03. The fourth-order valence-electron chi connectivity index (χ4n) is 2.94. The maximum Gasteiger partial charge on any atom is 0.253 e. The minimum atomic E-state index is -0.564. The largest absolute Gasteiger partial charge is 0.372 e. The van der Waals surface area contributed by atoms with Gasteiger partial charge in [0, 0.05) is 36.8 Å². The maximum absolute atomic E-state index is 12.5. The molecule has 0 radical (unpaired) electrons. The molecule has 1 aliphatic heterocycles. The highest BCUT2D eigenvalue weighted by molar-refractivity contribution is 7.13. The van der Waals surface area contributed by atoms with Crippen molar-refractivity contribution in [3.05, 3.63) is 40.4 Å². The number of hydrogen-bond acceptors (Lipinski definition) is 6. The Bertz CT molecular complexity index is 846. The molecule has 1 aliphatic rings. The van der Waals surface area contributed by atoms with Gasteiger partial charge in [0.2, 0.25) is 0 Å². The SMILES string of the molecule is COC(C)C(=O)Nc1cc(C(=O)NCc2csc(N3CCCC3)n2)ccc1C. The quantitative estimate of drug-likeness (QED) is 0.744. The summed E-state index contributed by atoms with van der Waals surface area (Å²) in [7, 11) is 1.48. The van der Waals surface area contributed by atoms with E-state index in [2.05, 4.69) is 20.5 Å². The fourth-order valence-corrected chi connectivity index (χ4v) is 3.82. The average Bonchev–Trinajstić information content (AvgIpc) is 3.38. The third-order valence-corrected chi connectivity index (χ3v) is 5.78. The van der Waals surface area contributed by atoms with E-state index < -0.39 is 6.10 Å². The predicted molar refractivity (Wildman–Crippen MR) is 111 cm³/mol. The van der Waals surface area contributed by atoms with E-state index >= 15 is 0 Å². The summed E-state index contributed by atoms with van der Waals surface area (Å²) in [6, 6.07) is 5.24. The number of rotatable bonds is 7. The van der Waals surface area contributed by atoms with E-state index in [-0.39, 0.29) is 11.8 Å². The molecule has 2 N–H and O–H groups in total. The molecule has 28 heavy (non-hydrogen) atoms. The first-order valence-corrected chi connectivity index (χ1v) is 10.3. The number of carbonyl (C=O) groups is 2. The highest BCUT2D eigenvalue weighted by Gasteiger charge is 2.17. The number of hydrogen-bond donors (Lipinski definition) is 2. The van der Waals surface area contributed by atoms with Crippen LogP contribution in [-0.4, -0.2) is 43.1 Å². The first-order valence-electron chi connectivity index (χ1n) is 9.40. The van der Waals surface area contributed by atoms with Crippen molar-refractivity contribution in [2.45, 2.75) is 39.3 Å². The van der Waals surface area contributed by atoms with Crippen LogP contribution in [0.2, 0.25) is 0 Å². The van der Waals surface area contributed by atoms with E-state index in [0.717, 1.165) is 29.5 Å². The molecule has 1 aromatic heterocycles. The van der Waals surface area contributed by atoms with Crippen molar-refractivity contribution in [3.8, 4) is 0 Å². The zero-order valence-electron chi connectivity index (χ0n) is 16.4. The molecule has 2 aromatic rings. The number of thiazole rings is 1. The zero-order valence-corrected chi connectivity index (χ0v) is 17.3. The van der Waals surface area contributed by atoms with Crippen molar-refractivity contribution < 1.29 is 14.3 Å². The molecule has 0 spiro atoms. The summed E-state index contributed by atoms with van der Waals surface area (Å²) in [5.74, 6) is -0.453. The molecule has 1 atom stereocenters. The molecular formula is C20H26N4O3S. The van der Waals surface area contributed by atoms with Gasteiger partial charge in [-0.2, -0.15) is 0 Å². The van der Waals surface area contributed by atoms with E-state index in [0.29, 0.717) is 17.8 Å². The summed E-state index contributed by atoms with van der Waals surface area (Å²) in [6.07, 6.45) is 1.86. The Morgan fingerprint density at radius 2 is 2.07 bits per heavy atom. The molecule has 1 saturated heterocycles. The third-order valence-electron chi connectivity index (χ3n) is 4.83. The van der Waals surface area contributed by atoms with E-state index in [4.69, 9.17) is 4.74 Å². The van der Waals surface area contributed by atoms with Crippen molar-refractivity contribution >= 4 is 34.0 Å². The van der Waals surface area contributed by atoms with Crippen molar-refractivity contribution in [1.29, 1.82) is 0 Å². The summed E-state index contributed by atoms with van der Waals surface area (Å²) in [6.45, 7) is 6.03. The number of nitrogens with zero attached hydrogens (tertiary/aromatic N) is 2. The van der Waals surface area contributed by atoms with Crippen LogP contribution in [0.15, 0.2) is 23.6 Å². The molecule has 2 heterocycles. The number of carbonyl (C=O) groups excluding carboxylic acids is 2. The first-order chi connectivity index (χ1) is 13.5. The van der Waals surface area contributed by atoms with Crippen LogP contribution < -0.4 is 15.5 Å². The summed E-state index contributed by atoms with van der Waals surface area (Å²) in [5, 5.41) is 8.72. The monoisotopic (exact) mass is 402 g/mol. The molecule has 0 bridgehead atoms. The van der Waals surface area contributed by atoms with Crippen LogP contribution in [0, 0.1) is 6.92 Å². The summed E-state index contributed by atoms with van der Waals surface area (Å²) in [4.78, 5) is 31.5. The van der Waals surface area contributed by atoms with Crippen molar-refractivity contribution in [3.63, 3.8) is 0 Å². The Balaban J connectivity index is 1.61. The molecule has 2 amide bonds. The number of benzene rings is 1. The average molecular weight is 403 g/mol. The Labute approximate surface area is 169 Å². The lowest BCUT2D eigenvalue weighted by Gasteiger charge is -2.14. The van der Waals surface area contributed by atoms with Gasteiger partial charge >= 0.3 is 0 Å². The van der Waals surface area contributed by atoms with Gasteiger partial charge in [0.25, 0.3) is 11.8 Å². The van der Waals surface area contributed by atoms with Gasteiger partial charge in [-0.05, 0) is 44.4 Å². The molecule has 150 valence electrons. The smallest absolute Gasteiger partial charge is 0.253 e. The van der Waals surface area contributed by atoms with Crippen LogP contribution in [0.25, 0.3) is 0 Å². The Morgan fingerprint density at radius 1 is 1.32 bits per heavy atom. The third kappa shape index (κ3) is 4.88. The number of aromatic nitrogens is 1. The molecule has 1 unspecified atom stereocenters. The maximum atomic E-state index is 12.5. The second kappa shape index (κ2) is 9.16. The lowest BCUT2D eigenvalue weighted by atomic mass is 10.1. The lowest BCUT2D eigenvalue weighted by Crippen LogP contribution is -2.27. The minimum absolute atomic E-state index is 0.203. The number of amides is 2. The Hall–Kier alpha value is -2.45. The van der Waals surface area contributed by atoms with Crippen LogP contribution in [0.4, 0.5) is 10.8 Å². The fraction of sp³-hybridized carbons (Fsp3) is 0.450. The van der Waals surface area contributed by atoms with E-state index in [1.807, 2.05) is 18.4 Å². The van der Waals surface area contributed by atoms with Crippen molar-refractivity contribution in [1.82, 2.24) is 10.3 Å². The second-order valence-corrected chi connectivity index (χ2v) is 7.73. The molecule has 1 fully saturated rings. The van der Waals surface area contributed by atoms with Gasteiger partial charge < -0.3 is 20.3 Å².